The average molecular weight is 276 g/mol. The van der Waals surface area contributed by atoms with Crippen molar-refractivity contribution in [1.82, 2.24) is 5.32 Å². The van der Waals surface area contributed by atoms with Gasteiger partial charge in [0, 0.05) is 6.42 Å². The summed E-state index contributed by atoms with van der Waals surface area (Å²) in [6, 6.07) is 6.10. The molecule has 0 spiro atoms. The van der Waals surface area contributed by atoms with Crippen LogP contribution in [0.3, 0.4) is 0 Å². The predicted octanol–water partition coefficient (Wildman–Crippen LogP) is 2.07. The molecule has 1 aliphatic carbocycles. The quantitative estimate of drug-likeness (QED) is 0.865. The summed E-state index contributed by atoms with van der Waals surface area (Å²) in [6.45, 7) is 6.88. The number of rotatable bonds is 5. The van der Waals surface area contributed by atoms with Crippen LogP contribution in [0, 0.1) is 13.8 Å². The highest BCUT2D eigenvalue weighted by atomic mass is 16.5. The molecule has 0 bridgehead atoms. The van der Waals surface area contributed by atoms with Crippen molar-refractivity contribution in [3.05, 3.63) is 29.3 Å². The first-order valence-electron chi connectivity index (χ1n) is 7.25. The number of likely N-dealkylation sites (N-methyl/N-ethyl adjacent to an activating group) is 1. The monoisotopic (exact) mass is 276 g/mol. The summed E-state index contributed by atoms with van der Waals surface area (Å²) in [4.78, 5) is 11.7. The van der Waals surface area contributed by atoms with Crippen LogP contribution in [0.15, 0.2) is 18.2 Å². The van der Waals surface area contributed by atoms with Crippen molar-refractivity contribution < 1.29 is 9.53 Å². The highest BCUT2D eigenvalue weighted by molar-refractivity contribution is 5.85. The van der Waals surface area contributed by atoms with E-state index in [-0.39, 0.29) is 12.0 Å². The number of amides is 1. The van der Waals surface area contributed by atoms with E-state index in [2.05, 4.69) is 25.2 Å². The maximum absolute atomic E-state index is 11.7. The van der Waals surface area contributed by atoms with E-state index in [9.17, 15) is 4.79 Å². The van der Waals surface area contributed by atoms with Gasteiger partial charge in [-0.05, 0) is 56.5 Å². The molecule has 20 heavy (non-hydrogen) atoms. The number of benzene rings is 1. The minimum atomic E-state index is -0.598. The van der Waals surface area contributed by atoms with Crippen LogP contribution in [0.4, 0.5) is 0 Å². The first-order valence-corrected chi connectivity index (χ1v) is 7.25. The van der Waals surface area contributed by atoms with Gasteiger partial charge in [0.1, 0.15) is 17.4 Å². The molecule has 0 saturated heterocycles. The molecule has 1 fully saturated rings. The molecule has 1 saturated carbocycles. The Kier molecular flexibility index (Phi) is 4.33. The predicted molar refractivity (Wildman–Crippen MR) is 79.8 cm³/mol. The van der Waals surface area contributed by atoms with Gasteiger partial charge in [0.2, 0.25) is 5.91 Å². The first kappa shape index (κ1) is 14.9. The van der Waals surface area contributed by atoms with Crippen molar-refractivity contribution in [2.75, 3.05) is 6.54 Å². The summed E-state index contributed by atoms with van der Waals surface area (Å²) in [5.74, 6) is 0.598. The Morgan fingerprint density at radius 3 is 2.80 bits per heavy atom. The van der Waals surface area contributed by atoms with Crippen LogP contribution in [0.5, 0.6) is 5.75 Å². The van der Waals surface area contributed by atoms with Gasteiger partial charge in [0.15, 0.2) is 0 Å². The zero-order valence-corrected chi connectivity index (χ0v) is 12.5. The van der Waals surface area contributed by atoms with Crippen LogP contribution < -0.4 is 15.8 Å². The molecule has 2 atom stereocenters. The van der Waals surface area contributed by atoms with Gasteiger partial charge in [0.25, 0.3) is 0 Å². The number of hydrogen-bond donors (Lipinski definition) is 2. The highest BCUT2D eigenvalue weighted by Crippen LogP contribution is 2.33. The maximum atomic E-state index is 11.7. The molecular formula is C16H24N2O2. The fourth-order valence-corrected chi connectivity index (χ4v) is 2.89. The van der Waals surface area contributed by atoms with E-state index < -0.39 is 5.54 Å². The topological polar surface area (TPSA) is 64.3 Å². The van der Waals surface area contributed by atoms with Crippen LogP contribution >= 0.6 is 0 Å². The first-order chi connectivity index (χ1) is 9.47. The molecule has 1 aromatic rings. The number of aryl methyl sites for hydroxylation is 2. The summed E-state index contributed by atoms with van der Waals surface area (Å²) in [6.07, 6.45) is 2.28. The second-order valence-electron chi connectivity index (χ2n) is 5.71. The second-order valence-corrected chi connectivity index (χ2v) is 5.71. The third-order valence-corrected chi connectivity index (χ3v) is 4.24. The third-order valence-electron chi connectivity index (χ3n) is 4.24. The molecule has 110 valence electrons. The number of carbonyl (C=O) groups is 1. The molecule has 1 amide bonds. The van der Waals surface area contributed by atoms with E-state index in [0.29, 0.717) is 6.42 Å². The van der Waals surface area contributed by atoms with Crippen molar-refractivity contribution >= 4 is 5.91 Å². The molecule has 2 rings (SSSR count). The average Bonchev–Trinajstić information content (AvgIpc) is 2.79. The molecule has 1 aromatic carbocycles. The lowest BCUT2D eigenvalue weighted by molar-refractivity contribution is -0.124. The van der Waals surface area contributed by atoms with Crippen molar-refractivity contribution in [3.8, 4) is 5.75 Å². The van der Waals surface area contributed by atoms with Crippen molar-refractivity contribution in [3.63, 3.8) is 0 Å². The number of carbonyl (C=O) groups excluding carboxylic acids is 1. The van der Waals surface area contributed by atoms with Crippen LogP contribution in [-0.2, 0) is 4.79 Å². The summed E-state index contributed by atoms with van der Waals surface area (Å²) < 4.78 is 6.02. The maximum Gasteiger partial charge on any atom is 0.237 e. The Hall–Kier alpha value is -1.55. The summed E-state index contributed by atoms with van der Waals surface area (Å²) in [7, 11) is 0. The van der Waals surface area contributed by atoms with E-state index in [0.717, 1.165) is 25.1 Å². The Labute approximate surface area is 120 Å². The molecule has 4 nitrogen and oxygen atoms in total. The normalized spacial score (nSPS) is 25.6. The van der Waals surface area contributed by atoms with Crippen LogP contribution in [0.25, 0.3) is 0 Å². The number of primary amides is 1. The fraction of sp³-hybridized carbons (Fsp3) is 0.562. The molecular weight excluding hydrogens is 252 g/mol. The molecule has 1 aliphatic rings. The minimum Gasteiger partial charge on any atom is -0.490 e. The van der Waals surface area contributed by atoms with Gasteiger partial charge >= 0.3 is 0 Å². The summed E-state index contributed by atoms with van der Waals surface area (Å²) in [5, 5.41) is 3.24. The lowest BCUT2D eigenvalue weighted by Gasteiger charge is -2.26. The molecule has 0 heterocycles. The number of hydrogen-bond acceptors (Lipinski definition) is 3. The van der Waals surface area contributed by atoms with E-state index >= 15 is 0 Å². The number of nitrogens with one attached hydrogen (secondary N) is 1. The lowest BCUT2D eigenvalue weighted by Crippen LogP contribution is -2.54. The van der Waals surface area contributed by atoms with Crippen LogP contribution in [0.2, 0.25) is 0 Å². The smallest absolute Gasteiger partial charge is 0.237 e. The van der Waals surface area contributed by atoms with Crippen molar-refractivity contribution in [2.24, 2.45) is 5.73 Å². The third kappa shape index (κ3) is 2.96. The Bertz CT molecular complexity index is 501. The Balaban J connectivity index is 2.05. The standard InChI is InChI=1S/C16H24N2O2/c1-4-18-16(15(17)19)8-7-14(10-16)20-13-6-5-11(2)12(3)9-13/h5-6,9,14,18H,4,7-8,10H2,1-3H3,(H2,17,19). The van der Waals surface area contributed by atoms with Crippen LogP contribution in [-0.4, -0.2) is 24.1 Å². The molecule has 0 radical (unpaired) electrons. The molecule has 0 aliphatic heterocycles. The van der Waals surface area contributed by atoms with E-state index in [1.165, 1.54) is 11.1 Å². The fourth-order valence-electron chi connectivity index (χ4n) is 2.89. The van der Waals surface area contributed by atoms with Gasteiger partial charge in [-0.2, -0.15) is 0 Å². The van der Waals surface area contributed by atoms with Gasteiger partial charge < -0.3 is 15.8 Å². The minimum absolute atomic E-state index is 0.0451. The van der Waals surface area contributed by atoms with Gasteiger partial charge in [0.05, 0.1) is 0 Å². The van der Waals surface area contributed by atoms with Crippen molar-refractivity contribution in [2.45, 2.75) is 51.7 Å². The van der Waals surface area contributed by atoms with Gasteiger partial charge in [-0.1, -0.05) is 13.0 Å². The summed E-state index contributed by atoms with van der Waals surface area (Å²) >= 11 is 0. The summed E-state index contributed by atoms with van der Waals surface area (Å²) in [5.41, 5.74) is 7.43. The number of ether oxygens (including phenoxy) is 1. The largest absolute Gasteiger partial charge is 0.490 e. The van der Waals surface area contributed by atoms with Gasteiger partial charge in [-0.25, -0.2) is 0 Å². The van der Waals surface area contributed by atoms with E-state index in [1.807, 2.05) is 19.1 Å². The molecule has 4 heteroatoms. The highest BCUT2D eigenvalue weighted by Gasteiger charge is 2.44. The molecule has 0 aromatic heterocycles. The van der Waals surface area contributed by atoms with Gasteiger partial charge in [-0.15, -0.1) is 0 Å². The van der Waals surface area contributed by atoms with E-state index in [1.54, 1.807) is 0 Å². The van der Waals surface area contributed by atoms with E-state index in [4.69, 9.17) is 10.5 Å². The molecule has 2 unspecified atom stereocenters. The molecule has 3 N–H and O–H groups in total. The van der Waals surface area contributed by atoms with Crippen molar-refractivity contribution in [1.29, 1.82) is 0 Å². The zero-order valence-electron chi connectivity index (χ0n) is 12.5. The van der Waals surface area contributed by atoms with Gasteiger partial charge in [-0.3, -0.25) is 4.79 Å². The van der Waals surface area contributed by atoms with Crippen LogP contribution in [0.1, 0.15) is 37.3 Å². The Morgan fingerprint density at radius 1 is 1.45 bits per heavy atom. The Morgan fingerprint density at radius 2 is 2.20 bits per heavy atom. The number of nitrogens with two attached hydrogens (primary N) is 1. The zero-order chi connectivity index (χ0) is 14.8. The lowest BCUT2D eigenvalue weighted by atomic mass is 9.96. The second kappa shape index (κ2) is 5.83. The SMILES string of the molecule is CCNC1(C(N)=O)CCC(Oc2ccc(C)c(C)c2)C1.